The Hall–Kier alpha value is -7.30. The first kappa shape index (κ1) is 77.4. The lowest BCUT2D eigenvalue weighted by atomic mass is 9.79. The number of ether oxygens (including phenoxy) is 3. The number of aryl methyl sites for hydroxylation is 1. The van der Waals surface area contributed by atoms with Crippen LogP contribution in [-0.4, -0.2) is 107 Å². The highest BCUT2D eigenvalue weighted by Gasteiger charge is 2.42. The van der Waals surface area contributed by atoms with Crippen LogP contribution in [0.15, 0.2) is 48.7 Å². The van der Waals surface area contributed by atoms with Crippen molar-refractivity contribution in [2.24, 2.45) is 0 Å². The van der Waals surface area contributed by atoms with Gasteiger partial charge in [0.25, 0.3) is 23.6 Å². The van der Waals surface area contributed by atoms with E-state index in [1.165, 1.54) is 0 Å². The van der Waals surface area contributed by atoms with Gasteiger partial charge in [-0.15, -0.1) is 5.10 Å². The average molecular weight is 1360 g/mol. The maximum absolute atomic E-state index is 15.8. The van der Waals surface area contributed by atoms with Crippen LogP contribution < -0.4 is 5.32 Å². The molecule has 0 atom stereocenters. The zero-order valence-corrected chi connectivity index (χ0v) is 62.3. The SMILES string of the molecule is CCCCCCCC(CCCCCCC)N1C(=O)c2ccc3c4ccc5c6c(cc(-c7cn(CCCC(=O)NC(CCC(=O)OC(C)(C)C)(CCC(=O)OC(C)(C)C)CCC(=O)OC(C)(C)C)nn7)c(c7ccc(c2c37)C1=O)c64)C(=O)N(C(CCCCCCC)CCCCCCC)C5=O. The van der Waals surface area contributed by atoms with Crippen LogP contribution in [0, 0.1) is 0 Å². The van der Waals surface area contributed by atoms with E-state index in [-0.39, 0.29) is 99.5 Å². The number of esters is 3. The number of hydrogen-bond acceptors (Lipinski definition) is 13. The van der Waals surface area contributed by atoms with E-state index < -0.39 is 40.2 Å². The lowest BCUT2D eigenvalue weighted by Gasteiger charge is -2.36. The summed E-state index contributed by atoms with van der Waals surface area (Å²) in [6.07, 6.45) is 26.2. The van der Waals surface area contributed by atoms with Gasteiger partial charge in [-0.2, -0.15) is 0 Å². The van der Waals surface area contributed by atoms with Gasteiger partial charge < -0.3 is 19.5 Å². The largest absolute Gasteiger partial charge is 0.460 e. The number of unbranched alkanes of at least 4 members (excludes halogenated alkanes) is 16. The molecule has 0 saturated heterocycles. The van der Waals surface area contributed by atoms with Crippen LogP contribution >= 0.6 is 0 Å². The zero-order chi connectivity index (χ0) is 71.8. The molecule has 0 aliphatic carbocycles. The van der Waals surface area contributed by atoms with Gasteiger partial charge in [-0.3, -0.25) is 52.8 Å². The lowest BCUT2D eigenvalue weighted by Crippen LogP contribution is -2.50. The number of nitrogens with zero attached hydrogens (tertiary/aromatic N) is 5. The van der Waals surface area contributed by atoms with E-state index in [2.05, 4.69) is 38.2 Å². The molecule has 5 aromatic carbocycles. The molecule has 5 amide bonds. The van der Waals surface area contributed by atoms with E-state index in [0.717, 1.165) is 163 Å². The minimum Gasteiger partial charge on any atom is -0.460 e. The summed E-state index contributed by atoms with van der Waals surface area (Å²) in [5.74, 6) is -3.06. The third-order valence-electron chi connectivity index (χ3n) is 19.8. The molecule has 17 nitrogen and oxygen atoms in total. The van der Waals surface area contributed by atoms with E-state index in [9.17, 15) is 19.2 Å². The summed E-state index contributed by atoms with van der Waals surface area (Å²) in [5.41, 5.74) is -0.711. The molecular formula is C82H116N6O11. The molecule has 1 N–H and O–H groups in total. The van der Waals surface area contributed by atoms with Gasteiger partial charge in [0.05, 0.1) is 6.20 Å². The van der Waals surface area contributed by atoms with Crippen molar-refractivity contribution in [1.29, 1.82) is 0 Å². The fourth-order valence-electron chi connectivity index (χ4n) is 15.1. The van der Waals surface area contributed by atoms with Crippen molar-refractivity contribution in [3.05, 3.63) is 70.9 Å². The minimum absolute atomic E-state index is 0.00646. The van der Waals surface area contributed by atoms with Crippen LogP contribution in [-0.2, 0) is 39.9 Å². The standard InChI is InChI=1S/C82H116N6O11/c1-14-18-22-26-30-35-55(36-31-27-23-19-15-2)87-75(93)60-43-40-57-58-41-44-62-73-64(78(96)88(77(62)95)56(37-32-28-24-20-16-3)38-33-29-25-21-17-4)53-63(71(74(58)73)59-42-45-61(76(87)94)72(60)70(57)59)65-54-86(85-84-65)52-34-39-66(89)83-82(49-46-67(90)97-79(5,6)7,50-47-68(91)98-80(8,9)10)51-48-69(92)99-81(11,12)13/h40-45,53-56H,14-39,46-52H2,1-13H3,(H,83,89). The number of nitrogens with one attached hydrogen (secondary N) is 1. The molecule has 0 unspecified atom stereocenters. The molecule has 99 heavy (non-hydrogen) atoms. The fraction of sp³-hybridized carbons (Fsp3) is 0.634. The molecule has 0 spiro atoms. The van der Waals surface area contributed by atoms with Crippen LogP contribution in [0.3, 0.4) is 0 Å². The summed E-state index contributed by atoms with van der Waals surface area (Å²) in [6.45, 7) is 25.0. The highest BCUT2D eigenvalue weighted by atomic mass is 16.6. The number of carbonyl (C=O) groups is 8. The van der Waals surface area contributed by atoms with E-state index in [1.807, 2.05) is 42.5 Å². The van der Waals surface area contributed by atoms with Gasteiger partial charge in [-0.05, 0) is 165 Å². The molecule has 0 radical (unpaired) electrons. The Labute approximate surface area is 589 Å². The van der Waals surface area contributed by atoms with Gasteiger partial charge in [0.2, 0.25) is 5.91 Å². The van der Waals surface area contributed by atoms with Crippen molar-refractivity contribution >= 4 is 90.5 Å². The number of carbonyl (C=O) groups excluding carboxylic acids is 8. The first-order chi connectivity index (χ1) is 47.1. The molecule has 1 aromatic heterocycles. The van der Waals surface area contributed by atoms with E-state index in [0.29, 0.717) is 67.9 Å². The maximum Gasteiger partial charge on any atom is 0.306 e. The summed E-state index contributed by atoms with van der Waals surface area (Å²) in [7, 11) is 0. The molecule has 540 valence electrons. The number of imide groups is 2. The van der Waals surface area contributed by atoms with Crippen LogP contribution in [0.25, 0.3) is 54.3 Å². The van der Waals surface area contributed by atoms with Gasteiger partial charge in [-0.25, -0.2) is 0 Å². The lowest BCUT2D eigenvalue weighted by molar-refractivity contribution is -0.155. The molecule has 2 aliphatic heterocycles. The normalized spacial score (nSPS) is 13.8. The molecule has 0 bridgehead atoms. The molecule has 3 heterocycles. The zero-order valence-electron chi connectivity index (χ0n) is 62.3. The van der Waals surface area contributed by atoms with Gasteiger partial charge in [0, 0.05) is 93.8 Å². The quantitative estimate of drug-likeness (QED) is 0.00946. The van der Waals surface area contributed by atoms with Crippen LogP contribution in [0.4, 0.5) is 0 Å². The van der Waals surface area contributed by atoms with E-state index >= 15 is 19.2 Å². The Morgan fingerprint density at radius 1 is 0.414 bits per heavy atom. The summed E-state index contributed by atoms with van der Waals surface area (Å²) < 4.78 is 18.7. The van der Waals surface area contributed by atoms with E-state index in [4.69, 9.17) is 19.3 Å². The minimum atomic E-state index is -1.22. The monoisotopic (exact) mass is 1360 g/mol. The molecule has 0 saturated carbocycles. The predicted octanol–water partition coefficient (Wildman–Crippen LogP) is 19.4. The number of amides is 5. The Kier molecular flexibility index (Phi) is 27.3. The second-order valence-corrected chi connectivity index (χ2v) is 31.5. The van der Waals surface area contributed by atoms with Crippen molar-refractivity contribution in [3.63, 3.8) is 0 Å². The van der Waals surface area contributed by atoms with Gasteiger partial charge in [0.1, 0.15) is 22.5 Å². The fourth-order valence-corrected chi connectivity index (χ4v) is 15.1. The third-order valence-corrected chi connectivity index (χ3v) is 19.8. The molecule has 6 aromatic rings. The van der Waals surface area contributed by atoms with Gasteiger partial charge in [0.15, 0.2) is 0 Å². The van der Waals surface area contributed by atoms with Crippen LogP contribution in [0.2, 0.25) is 0 Å². The topological polar surface area (TPSA) is 213 Å². The first-order valence-electron chi connectivity index (χ1n) is 38.0. The maximum atomic E-state index is 15.8. The predicted molar refractivity (Wildman–Crippen MR) is 394 cm³/mol. The Morgan fingerprint density at radius 3 is 1.17 bits per heavy atom. The highest BCUT2D eigenvalue weighted by molar-refractivity contribution is 6.43. The van der Waals surface area contributed by atoms with Crippen molar-refractivity contribution in [2.45, 2.75) is 336 Å². The van der Waals surface area contributed by atoms with Crippen molar-refractivity contribution in [3.8, 4) is 11.3 Å². The Balaban J connectivity index is 1.20. The smallest absolute Gasteiger partial charge is 0.306 e. The number of benzene rings is 5. The van der Waals surface area contributed by atoms with E-state index in [1.54, 1.807) is 83.0 Å². The second kappa shape index (κ2) is 34.9. The Morgan fingerprint density at radius 2 is 0.778 bits per heavy atom. The summed E-state index contributed by atoms with van der Waals surface area (Å²) >= 11 is 0. The second-order valence-electron chi connectivity index (χ2n) is 31.5. The number of aromatic nitrogens is 3. The molecule has 0 fully saturated rings. The van der Waals surface area contributed by atoms with Crippen molar-refractivity contribution in [1.82, 2.24) is 30.1 Å². The van der Waals surface area contributed by atoms with Crippen molar-refractivity contribution in [2.75, 3.05) is 0 Å². The number of rotatable bonds is 41. The molecule has 2 aliphatic rings. The third kappa shape index (κ3) is 20.0. The summed E-state index contributed by atoms with van der Waals surface area (Å²) in [6, 6.07) is 12.9. The summed E-state index contributed by atoms with van der Waals surface area (Å²) in [5, 5.41) is 18.4. The average Bonchev–Trinajstić information content (AvgIpc) is 0.981. The number of hydrogen-bond donors (Lipinski definition) is 1. The van der Waals surface area contributed by atoms with Gasteiger partial charge >= 0.3 is 17.9 Å². The number of fused-ring (bicyclic) bond motifs is 2. The molecule has 17 heteroatoms. The van der Waals surface area contributed by atoms with Crippen molar-refractivity contribution < 1.29 is 52.6 Å². The summed E-state index contributed by atoms with van der Waals surface area (Å²) in [4.78, 5) is 119. The molecular weight excluding hydrogens is 1240 g/mol. The molecule has 8 rings (SSSR count). The Bertz CT molecular complexity index is 3680. The van der Waals surface area contributed by atoms with Gasteiger partial charge in [-0.1, -0.05) is 180 Å². The van der Waals surface area contributed by atoms with Crippen LogP contribution in [0.5, 0.6) is 0 Å². The first-order valence-corrected chi connectivity index (χ1v) is 38.0. The van der Waals surface area contributed by atoms with Crippen LogP contribution in [0.1, 0.15) is 337 Å². The highest BCUT2D eigenvalue weighted by Crippen LogP contribution is 2.50.